The van der Waals surface area contributed by atoms with E-state index in [0.717, 1.165) is 17.0 Å². The number of alkyl halides is 3. The summed E-state index contributed by atoms with van der Waals surface area (Å²) in [5, 5.41) is 2.14. The van der Waals surface area contributed by atoms with Crippen LogP contribution in [0.4, 0.5) is 23.2 Å². The monoisotopic (exact) mass is 486 g/mol. The molecule has 3 aromatic carbocycles. The summed E-state index contributed by atoms with van der Waals surface area (Å²) in [6.45, 7) is 0. The van der Waals surface area contributed by atoms with E-state index in [4.69, 9.17) is 17.0 Å². The summed E-state index contributed by atoms with van der Waals surface area (Å²) < 4.78 is 58.3. The van der Waals surface area contributed by atoms with Crippen molar-refractivity contribution in [2.24, 2.45) is 0 Å². The zero-order chi connectivity index (χ0) is 24.5. The molecule has 0 aliphatic carbocycles. The molecule has 0 atom stereocenters. The van der Waals surface area contributed by atoms with Crippen LogP contribution in [0.5, 0.6) is 11.5 Å². The third kappa shape index (κ3) is 4.81. The van der Waals surface area contributed by atoms with Gasteiger partial charge in [-0.15, -0.1) is 0 Å². The lowest BCUT2D eigenvalue weighted by molar-refractivity contribution is -0.137. The highest BCUT2D eigenvalue weighted by atomic mass is 32.1. The Hall–Kier alpha value is -4.05. The number of thiocarbonyl (C=S) groups is 1. The highest BCUT2D eigenvalue weighted by molar-refractivity contribution is 7.80. The van der Waals surface area contributed by atoms with Crippen molar-refractivity contribution in [1.82, 2.24) is 5.32 Å². The number of ether oxygens (including phenoxy) is 1. The Labute approximate surface area is 196 Å². The first-order valence-corrected chi connectivity index (χ1v) is 10.2. The molecule has 172 valence electrons. The fourth-order valence-corrected chi connectivity index (χ4v) is 3.44. The van der Waals surface area contributed by atoms with Crippen molar-refractivity contribution in [3.63, 3.8) is 0 Å². The lowest BCUT2D eigenvalue weighted by Crippen LogP contribution is -2.54. The zero-order valence-electron chi connectivity index (χ0n) is 17.1. The molecule has 1 aliphatic heterocycles. The first-order chi connectivity index (χ1) is 16.1. The number of halogens is 4. The van der Waals surface area contributed by atoms with Crippen LogP contribution >= 0.6 is 12.2 Å². The smallest absolute Gasteiger partial charge is 0.416 e. The number of carbonyl (C=O) groups is 2. The summed E-state index contributed by atoms with van der Waals surface area (Å²) >= 11 is 5.12. The molecule has 2 amide bonds. The van der Waals surface area contributed by atoms with Crippen LogP contribution in [0.3, 0.4) is 0 Å². The number of carbonyl (C=O) groups excluding carboxylic acids is 2. The van der Waals surface area contributed by atoms with E-state index < -0.39 is 34.9 Å². The molecule has 1 fully saturated rings. The van der Waals surface area contributed by atoms with Gasteiger partial charge in [0.15, 0.2) is 5.11 Å². The fourth-order valence-electron chi connectivity index (χ4n) is 3.16. The molecule has 1 N–H and O–H groups in total. The van der Waals surface area contributed by atoms with Gasteiger partial charge in [-0.05, 0) is 66.8 Å². The van der Waals surface area contributed by atoms with Crippen LogP contribution in [-0.4, -0.2) is 16.9 Å². The van der Waals surface area contributed by atoms with Gasteiger partial charge in [-0.25, -0.2) is 4.39 Å². The maximum absolute atomic E-state index is 14.3. The Morgan fingerprint density at radius 3 is 2.18 bits per heavy atom. The van der Waals surface area contributed by atoms with Crippen LogP contribution in [0.2, 0.25) is 0 Å². The molecule has 0 radical (unpaired) electrons. The summed E-state index contributed by atoms with van der Waals surface area (Å²) in [6, 6.07) is 17.1. The van der Waals surface area contributed by atoms with E-state index in [2.05, 4.69) is 5.32 Å². The summed E-state index contributed by atoms with van der Waals surface area (Å²) in [5.41, 5.74) is -1.73. The molecule has 3 aromatic rings. The van der Waals surface area contributed by atoms with Gasteiger partial charge in [-0.3, -0.25) is 19.8 Å². The standard InChI is InChI=1S/C24H14F4N2O3S/c25-20-13-15(24(26,27)28)7-6-14(20)12-19-21(31)29-23(34)30(22(19)32)16-8-10-18(11-9-16)33-17-4-2-1-3-5-17/h1-13H,(H,29,31,34)/b19-12+. The van der Waals surface area contributed by atoms with Gasteiger partial charge in [0, 0.05) is 5.56 Å². The average Bonchev–Trinajstić information content (AvgIpc) is 2.78. The molecule has 0 unspecified atom stereocenters. The Balaban J connectivity index is 1.61. The Bertz CT molecular complexity index is 1310. The molecule has 4 rings (SSSR count). The summed E-state index contributed by atoms with van der Waals surface area (Å²) in [4.78, 5) is 26.4. The van der Waals surface area contributed by atoms with E-state index in [-0.39, 0.29) is 10.7 Å². The predicted octanol–water partition coefficient (Wildman–Crippen LogP) is 5.47. The second kappa shape index (κ2) is 9.06. The molecular formula is C24H14F4N2O3S. The number of benzene rings is 3. The van der Waals surface area contributed by atoms with Gasteiger partial charge in [0.05, 0.1) is 11.3 Å². The van der Waals surface area contributed by atoms with E-state index in [0.29, 0.717) is 29.3 Å². The second-order valence-corrected chi connectivity index (χ2v) is 7.49. The maximum Gasteiger partial charge on any atom is 0.416 e. The fraction of sp³-hybridized carbons (Fsp3) is 0.0417. The van der Waals surface area contributed by atoms with Gasteiger partial charge < -0.3 is 4.74 Å². The molecule has 34 heavy (non-hydrogen) atoms. The molecule has 10 heteroatoms. The molecule has 1 aliphatic rings. The third-order valence-electron chi connectivity index (χ3n) is 4.80. The summed E-state index contributed by atoms with van der Waals surface area (Å²) in [5.74, 6) is -1.89. The Kier molecular flexibility index (Phi) is 6.16. The van der Waals surface area contributed by atoms with Gasteiger partial charge in [0.2, 0.25) is 0 Å². The zero-order valence-corrected chi connectivity index (χ0v) is 17.9. The molecule has 0 saturated carbocycles. The maximum atomic E-state index is 14.3. The van der Waals surface area contributed by atoms with Gasteiger partial charge >= 0.3 is 6.18 Å². The van der Waals surface area contributed by atoms with Crippen LogP contribution in [0.25, 0.3) is 6.08 Å². The van der Waals surface area contributed by atoms with Gasteiger partial charge in [0.1, 0.15) is 22.9 Å². The molecule has 1 heterocycles. The van der Waals surface area contributed by atoms with Crippen LogP contribution in [0.1, 0.15) is 11.1 Å². The Morgan fingerprint density at radius 1 is 0.912 bits per heavy atom. The van der Waals surface area contributed by atoms with Crippen LogP contribution in [-0.2, 0) is 15.8 Å². The number of rotatable bonds is 4. The first-order valence-electron chi connectivity index (χ1n) is 9.74. The lowest BCUT2D eigenvalue weighted by Gasteiger charge is -2.29. The van der Waals surface area contributed by atoms with E-state index >= 15 is 0 Å². The molecule has 0 aromatic heterocycles. The number of nitrogens with zero attached hydrogens (tertiary/aromatic N) is 1. The number of hydrogen-bond acceptors (Lipinski definition) is 4. The van der Waals surface area contributed by atoms with Crippen molar-refractivity contribution >= 4 is 40.9 Å². The van der Waals surface area contributed by atoms with Crippen molar-refractivity contribution in [2.45, 2.75) is 6.18 Å². The minimum atomic E-state index is -4.73. The molecular weight excluding hydrogens is 472 g/mol. The van der Waals surface area contributed by atoms with E-state index in [1.54, 1.807) is 24.3 Å². The summed E-state index contributed by atoms with van der Waals surface area (Å²) in [6.07, 6.45) is -3.85. The van der Waals surface area contributed by atoms with E-state index in [1.165, 1.54) is 12.1 Å². The number of nitrogens with one attached hydrogen (secondary N) is 1. The first kappa shape index (κ1) is 23.1. The molecule has 0 spiro atoms. The topological polar surface area (TPSA) is 58.6 Å². The minimum absolute atomic E-state index is 0.197. The lowest BCUT2D eigenvalue weighted by atomic mass is 10.0. The quantitative estimate of drug-likeness (QED) is 0.230. The Morgan fingerprint density at radius 2 is 1.56 bits per heavy atom. The highest BCUT2D eigenvalue weighted by Gasteiger charge is 2.35. The van der Waals surface area contributed by atoms with Crippen LogP contribution < -0.4 is 15.0 Å². The van der Waals surface area contributed by atoms with Crippen LogP contribution in [0, 0.1) is 5.82 Å². The average molecular weight is 486 g/mol. The van der Waals surface area contributed by atoms with Crippen LogP contribution in [0.15, 0.2) is 78.4 Å². The molecule has 0 bridgehead atoms. The van der Waals surface area contributed by atoms with Gasteiger partial charge in [-0.1, -0.05) is 24.3 Å². The predicted molar refractivity (Wildman–Crippen MR) is 121 cm³/mol. The highest BCUT2D eigenvalue weighted by Crippen LogP contribution is 2.31. The van der Waals surface area contributed by atoms with Crippen molar-refractivity contribution in [1.29, 1.82) is 0 Å². The van der Waals surface area contributed by atoms with Crippen molar-refractivity contribution in [2.75, 3.05) is 4.90 Å². The summed E-state index contributed by atoms with van der Waals surface area (Å²) in [7, 11) is 0. The van der Waals surface area contributed by atoms with Crippen molar-refractivity contribution < 1.29 is 31.9 Å². The van der Waals surface area contributed by atoms with Gasteiger partial charge in [-0.2, -0.15) is 13.2 Å². The number of amides is 2. The van der Waals surface area contributed by atoms with E-state index in [1.807, 2.05) is 18.2 Å². The molecule has 5 nitrogen and oxygen atoms in total. The second-order valence-electron chi connectivity index (χ2n) is 7.10. The SMILES string of the molecule is O=C1NC(=S)N(c2ccc(Oc3ccccc3)cc2)C(=O)/C1=C/c1ccc(C(F)(F)F)cc1F. The van der Waals surface area contributed by atoms with Gasteiger partial charge in [0.25, 0.3) is 11.8 Å². The van der Waals surface area contributed by atoms with Crippen molar-refractivity contribution in [3.05, 3.63) is 95.3 Å². The normalized spacial score (nSPS) is 15.5. The molecule has 1 saturated heterocycles. The number of hydrogen-bond donors (Lipinski definition) is 1. The minimum Gasteiger partial charge on any atom is -0.457 e. The van der Waals surface area contributed by atoms with E-state index in [9.17, 15) is 27.2 Å². The number of para-hydroxylation sites is 1. The number of anilines is 1. The van der Waals surface area contributed by atoms with Crippen molar-refractivity contribution in [3.8, 4) is 11.5 Å². The largest absolute Gasteiger partial charge is 0.457 e. The third-order valence-corrected chi connectivity index (χ3v) is 5.09.